The maximum absolute atomic E-state index is 12.1. The summed E-state index contributed by atoms with van der Waals surface area (Å²) in [5.41, 5.74) is 2.21. The summed E-state index contributed by atoms with van der Waals surface area (Å²) in [4.78, 5) is 37.5. The molecule has 0 aliphatic heterocycles. The first-order valence-electron chi connectivity index (χ1n) is 7.69. The minimum absolute atomic E-state index is 0.0561. The number of rotatable bonds is 5. The van der Waals surface area contributed by atoms with E-state index in [-0.39, 0.29) is 18.0 Å². The highest BCUT2D eigenvalue weighted by atomic mass is 32.1. The summed E-state index contributed by atoms with van der Waals surface area (Å²) in [5.74, 6) is -0.247. The average Bonchev–Trinajstić information content (AvgIpc) is 2.97. The fourth-order valence-electron chi connectivity index (χ4n) is 2.23. The smallest absolute Gasteiger partial charge is 0.253 e. The number of nitrogens with zero attached hydrogens (tertiary/aromatic N) is 4. The van der Waals surface area contributed by atoms with Crippen LogP contribution in [0.4, 0.5) is 0 Å². The molecule has 0 saturated carbocycles. The molecular formula is C17H17N5O2S. The van der Waals surface area contributed by atoms with Gasteiger partial charge in [0.15, 0.2) is 0 Å². The van der Waals surface area contributed by atoms with E-state index in [0.29, 0.717) is 12.2 Å². The molecule has 0 fully saturated rings. The standard InChI is InChI=1S/C17H17N5O2S/c1-11-6-16(24)22(10-20-11)9-15(23)19-8-14-12(2)21-17(25-14)13-4-3-5-18-7-13/h3-7,10H,8-9H2,1-2H3,(H,19,23). The van der Waals surface area contributed by atoms with Crippen LogP contribution in [0, 0.1) is 13.8 Å². The van der Waals surface area contributed by atoms with Crippen molar-refractivity contribution in [3.8, 4) is 10.6 Å². The number of amides is 1. The Morgan fingerprint density at radius 2 is 2.20 bits per heavy atom. The second-order valence-electron chi connectivity index (χ2n) is 5.54. The van der Waals surface area contributed by atoms with Gasteiger partial charge in [0.05, 0.1) is 18.6 Å². The molecule has 25 heavy (non-hydrogen) atoms. The van der Waals surface area contributed by atoms with Crippen molar-refractivity contribution in [1.29, 1.82) is 0 Å². The maximum atomic E-state index is 12.1. The molecule has 0 aromatic carbocycles. The molecule has 0 saturated heterocycles. The van der Waals surface area contributed by atoms with Gasteiger partial charge in [-0.15, -0.1) is 11.3 Å². The number of nitrogens with one attached hydrogen (secondary N) is 1. The van der Waals surface area contributed by atoms with E-state index in [1.807, 2.05) is 19.1 Å². The largest absolute Gasteiger partial charge is 0.350 e. The number of aryl methyl sites for hydroxylation is 2. The molecule has 3 aromatic heterocycles. The quantitative estimate of drug-likeness (QED) is 0.752. The zero-order valence-electron chi connectivity index (χ0n) is 13.9. The zero-order valence-corrected chi connectivity index (χ0v) is 14.7. The van der Waals surface area contributed by atoms with E-state index < -0.39 is 0 Å². The summed E-state index contributed by atoms with van der Waals surface area (Å²) in [7, 11) is 0. The lowest BCUT2D eigenvalue weighted by molar-refractivity contribution is -0.121. The number of hydrogen-bond acceptors (Lipinski definition) is 6. The lowest BCUT2D eigenvalue weighted by Crippen LogP contribution is -2.31. The monoisotopic (exact) mass is 355 g/mol. The van der Waals surface area contributed by atoms with Crippen LogP contribution in [0.5, 0.6) is 0 Å². The van der Waals surface area contributed by atoms with Crippen molar-refractivity contribution in [2.45, 2.75) is 26.9 Å². The highest BCUT2D eigenvalue weighted by Gasteiger charge is 2.11. The van der Waals surface area contributed by atoms with Gasteiger partial charge in [-0.1, -0.05) is 0 Å². The van der Waals surface area contributed by atoms with Crippen LogP contribution in [-0.2, 0) is 17.9 Å². The molecule has 3 heterocycles. The zero-order chi connectivity index (χ0) is 17.8. The summed E-state index contributed by atoms with van der Waals surface area (Å²) < 4.78 is 1.28. The summed E-state index contributed by atoms with van der Waals surface area (Å²) in [6, 6.07) is 5.21. The number of aromatic nitrogens is 4. The van der Waals surface area contributed by atoms with Crippen LogP contribution in [0.1, 0.15) is 16.3 Å². The van der Waals surface area contributed by atoms with Gasteiger partial charge < -0.3 is 5.32 Å². The third-order valence-electron chi connectivity index (χ3n) is 3.58. The minimum Gasteiger partial charge on any atom is -0.350 e. The number of carbonyl (C=O) groups excluding carboxylic acids is 1. The van der Waals surface area contributed by atoms with E-state index in [2.05, 4.69) is 20.3 Å². The van der Waals surface area contributed by atoms with Crippen LogP contribution in [0.15, 0.2) is 41.7 Å². The van der Waals surface area contributed by atoms with Crippen LogP contribution in [0.25, 0.3) is 10.6 Å². The predicted octanol–water partition coefficient (Wildman–Crippen LogP) is 1.70. The molecule has 0 spiro atoms. The Balaban J connectivity index is 1.64. The van der Waals surface area contributed by atoms with E-state index >= 15 is 0 Å². The first-order valence-corrected chi connectivity index (χ1v) is 8.51. The Hall–Kier alpha value is -2.87. The molecule has 8 heteroatoms. The Morgan fingerprint density at radius 1 is 1.36 bits per heavy atom. The lowest BCUT2D eigenvalue weighted by Gasteiger charge is -2.06. The number of hydrogen-bond donors (Lipinski definition) is 1. The van der Waals surface area contributed by atoms with Crippen LogP contribution in [0.3, 0.4) is 0 Å². The van der Waals surface area contributed by atoms with Crippen molar-refractivity contribution in [2.75, 3.05) is 0 Å². The predicted molar refractivity (Wildman–Crippen MR) is 95.2 cm³/mol. The summed E-state index contributed by atoms with van der Waals surface area (Å²) in [5, 5.41) is 3.69. The van der Waals surface area contributed by atoms with Gasteiger partial charge in [0.2, 0.25) is 5.91 Å². The van der Waals surface area contributed by atoms with Gasteiger partial charge in [0.25, 0.3) is 5.56 Å². The lowest BCUT2D eigenvalue weighted by atomic mass is 10.3. The topological polar surface area (TPSA) is 89.8 Å². The van der Waals surface area contributed by atoms with Crippen molar-refractivity contribution in [1.82, 2.24) is 24.8 Å². The van der Waals surface area contributed by atoms with Crippen LogP contribution in [0.2, 0.25) is 0 Å². The van der Waals surface area contributed by atoms with Gasteiger partial charge in [-0.3, -0.25) is 19.1 Å². The highest BCUT2D eigenvalue weighted by molar-refractivity contribution is 7.15. The Labute approximate surface area is 148 Å². The van der Waals surface area contributed by atoms with Gasteiger partial charge >= 0.3 is 0 Å². The van der Waals surface area contributed by atoms with Crippen molar-refractivity contribution >= 4 is 17.2 Å². The van der Waals surface area contributed by atoms with Gasteiger partial charge in [-0.2, -0.15) is 0 Å². The molecule has 0 unspecified atom stereocenters. The summed E-state index contributed by atoms with van der Waals surface area (Å²) in [6.07, 6.45) is 4.86. The van der Waals surface area contributed by atoms with Crippen molar-refractivity contribution in [3.05, 3.63) is 63.5 Å². The van der Waals surface area contributed by atoms with E-state index in [1.54, 1.807) is 19.3 Å². The van der Waals surface area contributed by atoms with Crippen LogP contribution < -0.4 is 10.9 Å². The third kappa shape index (κ3) is 4.16. The average molecular weight is 355 g/mol. The Kier molecular flexibility index (Phi) is 4.99. The Morgan fingerprint density at radius 3 is 2.92 bits per heavy atom. The fraction of sp³-hybridized carbons (Fsp3) is 0.235. The Bertz CT molecular complexity index is 949. The van der Waals surface area contributed by atoms with Gasteiger partial charge in [0, 0.05) is 34.6 Å². The van der Waals surface area contributed by atoms with E-state index in [9.17, 15) is 9.59 Å². The van der Waals surface area contributed by atoms with Gasteiger partial charge in [0.1, 0.15) is 11.6 Å². The second kappa shape index (κ2) is 7.35. The molecule has 0 bridgehead atoms. The van der Waals surface area contributed by atoms with E-state index in [0.717, 1.165) is 21.1 Å². The second-order valence-corrected chi connectivity index (χ2v) is 6.63. The molecule has 128 valence electrons. The molecule has 7 nitrogen and oxygen atoms in total. The van der Waals surface area contributed by atoms with Crippen LogP contribution >= 0.6 is 11.3 Å². The van der Waals surface area contributed by atoms with Crippen LogP contribution in [-0.4, -0.2) is 25.4 Å². The SMILES string of the molecule is Cc1cc(=O)n(CC(=O)NCc2sc(-c3cccnc3)nc2C)cn1. The van der Waals surface area contributed by atoms with E-state index in [1.165, 1.54) is 28.3 Å². The molecular weight excluding hydrogens is 338 g/mol. The summed E-state index contributed by atoms with van der Waals surface area (Å²) in [6.45, 7) is 3.96. The highest BCUT2D eigenvalue weighted by Crippen LogP contribution is 2.27. The van der Waals surface area contributed by atoms with Gasteiger partial charge in [-0.05, 0) is 26.0 Å². The molecule has 0 aliphatic carbocycles. The van der Waals surface area contributed by atoms with Crippen molar-refractivity contribution in [2.24, 2.45) is 0 Å². The molecule has 3 rings (SSSR count). The maximum Gasteiger partial charge on any atom is 0.253 e. The fourth-order valence-corrected chi connectivity index (χ4v) is 3.22. The number of carbonyl (C=O) groups is 1. The first-order chi connectivity index (χ1) is 12.0. The number of thiazole rings is 1. The molecule has 1 amide bonds. The third-order valence-corrected chi connectivity index (χ3v) is 4.78. The molecule has 1 N–H and O–H groups in total. The van der Waals surface area contributed by atoms with E-state index in [4.69, 9.17) is 0 Å². The first kappa shape index (κ1) is 17.0. The minimum atomic E-state index is -0.247. The summed E-state index contributed by atoms with van der Waals surface area (Å²) >= 11 is 1.52. The molecule has 0 atom stereocenters. The molecule has 0 aliphatic rings. The normalized spacial score (nSPS) is 10.6. The molecule has 3 aromatic rings. The van der Waals surface area contributed by atoms with Gasteiger partial charge in [-0.25, -0.2) is 9.97 Å². The van der Waals surface area contributed by atoms with Crippen molar-refractivity contribution in [3.63, 3.8) is 0 Å². The van der Waals surface area contributed by atoms with Crippen molar-refractivity contribution < 1.29 is 4.79 Å². The molecule has 0 radical (unpaired) electrons. The number of pyridine rings is 1.